The second-order valence-electron chi connectivity index (χ2n) is 5.85. The van der Waals surface area contributed by atoms with Crippen molar-refractivity contribution in [3.05, 3.63) is 59.7 Å². The topological polar surface area (TPSA) is 56.5 Å². The van der Waals surface area contributed by atoms with Gasteiger partial charge in [0.2, 0.25) is 0 Å². The van der Waals surface area contributed by atoms with Crippen LogP contribution >= 0.6 is 0 Å². The highest BCUT2D eigenvalue weighted by Crippen LogP contribution is 2.24. The van der Waals surface area contributed by atoms with E-state index in [4.69, 9.17) is 15.2 Å². The van der Waals surface area contributed by atoms with Crippen LogP contribution in [0.1, 0.15) is 24.0 Å². The summed E-state index contributed by atoms with van der Waals surface area (Å²) in [6.07, 6.45) is 3.16. The number of nitrogen functional groups attached to an aromatic ring is 1. The number of benzene rings is 2. The number of methoxy groups -OCH3 is 1. The number of nitrogens with one attached hydrogen (secondary N) is 1. The fourth-order valence-electron chi connectivity index (χ4n) is 2.50. The lowest BCUT2D eigenvalue weighted by molar-refractivity contribution is 0.194. The van der Waals surface area contributed by atoms with Gasteiger partial charge in [-0.15, -0.1) is 0 Å². The summed E-state index contributed by atoms with van der Waals surface area (Å²) >= 11 is 0. The normalized spacial score (nSPS) is 10.7. The molecule has 2 aromatic rings. The third-order valence-electron chi connectivity index (χ3n) is 3.83. The standard InChI is InChI=1S/C20H28N2O2/c1-23-14-6-13-22-12-5-9-17-10-11-20(19(21)15-17)24-16-18-7-3-2-4-8-18/h2-4,7-8,10-11,15,22H,5-6,9,12-14,16,21H2,1H3. The van der Waals surface area contributed by atoms with Crippen molar-refractivity contribution in [1.29, 1.82) is 0 Å². The maximum Gasteiger partial charge on any atom is 0.142 e. The Labute approximate surface area is 145 Å². The highest BCUT2D eigenvalue weighted by atomic mass is 16.5. The molecular formula is C20H28N2O2. The van der Waals surface area contributed by atoms with Crippen LogP contribution in [0.15, 0.2) is 48.5 Å². The molecule has 0 saturated heterocycles. The Kier molecular flexibility index (Phi) is 8.15. The predicted octanol–water partition coefficient (Wildman–Crippen LogP) is 3.41. The number of nitrogens with two attached hydrogens (primary N) is 1. The second-order valence-corrected chi connectivity index (χ2v) is 5.85. The minimum Gasteiger partial charge on any atom is -0.487 e. The monoisotopic (exact) mass is 328 g/mol. The van der Waals surface area contributed by atoms with E-state index in [2.05, 4.69) is 11.4 Å². The smallest absolute Gasteiger partial charge is 0.142 e. The molecule has 0 saturated carbocycles. The van der Waals surface area contributed by atoms with E-state index < -0.39 is 0 Å². The molecule has 4 nitrogen and oxygen atoms in total. The van der Waals surface area contributed by atoms with Crippen LogP contribution in [-0.2, 0) is 17.8 Å². The summed E-state index contributed by atoms with van der Waals surface area (Å²) in [5.74, 6) is 0.750. The summed E-state index contributed by atoms with van der Waals surface area (Å²) in [7, 11) is 1.73. The Morgan fingerprint density at radius 1 is 0.958 bits per heavy atom. The Morgan fingerprint density at radius 3 is 2.50 bits per heavy atom. The zero-order valence-corrected chi connectivity index (χ0v) is 14.5. The fourth-order valence-corrected chi connectivity index (χ4v) is 2.50. The van der Waals surface area contributed by atoms with E-state index in [1.54, 1.807) is 7.11 Å². The van der Waals surface area contributed by atoms with Gasteiger partial charge in [-0.25, -0.2) is 0 Å². The highest BCUT2D eigenvalue weighted by Gasteiger charge is 2.03. The van der Waals surface area contributed by atoms with Crippen LogP contribution in [0.25, 0.3) is 0 Å². The van der Waals surface area contributed by atoms with Crippen LogP contribution in [-0.4, -0.2) is 26.8 Å². The van der Waals surface area contributed by atoms with E-state index in [0.29, 0.717) is 12.3 Å². The first kappa shape index (κ1) is 18.3. The number of ether oxygens (including phenoxy) is 2. The van der Waals surface area contributed by atoms with Gasteiger partial charge in [-0.05, 0) is 55.6 Å². The summed E-state index contributed by atoms with van der Waals surface area (Å²) < 4.78 is 10.8. The van der Waals surface area contributed by atoms with E-state index in [1.807, 2.05) is 42.5 Å². The molecule has 0 aliphatic rings. The minimum absolute atomic E-state index is 0.537. The lowest BCUT2D eigenvalue weighted by atomic mass is 10.1. The van der Waals surface area contributed by atoms with Crippen LogP contribution in [0.2, 0.25) is 0 Å². The van der Waals surface area contributed by atoms with Crippen molar-refractivity contribution in [2.75, 3.05) is 32.5 Å². The molecule has 0 atom stereocenters. The first-order valence-corrected chi connectivity index (χ1v) is 8.54. The van der Waals surface area contributed by atoms with Crippen molar-refractivity contribution in [2.45, 2.75) is 25.9 Å². The lowest BCUT2D eigenvalue weighted by Crippen LogP contribution is -2.18. The van der Waals surface area contributed by atoms with Gasteiger partial charge < -0.3 is 20.5 Å². The third-order valence-corrected chi connectivity index (χ3v) is 3.83. The zero-order valence-electron chi connectivity index (χ0n) is 14.5. The molecule has 0 fully saturated rings. The van der Waals surface area contributed by atoms with Crippen molar-refractivity contribution >= 4 is 5.69 Å². The quantitative estimate of drug-likeness (QED) is 0.490. The zero-order chi connectivity index (χ0) is 17.0. The van der Waals surface area contributed by atoms with Crippen molar-refractivity contribution in [1.82, 2.24) is 5.32 Å². The first-order valence-electron chi connectivity index (χ1n) is 8.54. The molecule has 4 heteroatoms. The SMILES string of the molecule is COCCCNCCCc1ccc(OCc2ccccc2)c(N)c1. The van der Waals surface area contributed by atoms with Crippen molar-refractivity contribution in [3.8, 4) is 5.75 Å². The van der Waals surface area contributed by atoms with E-state index in [1.165, 1.54) is 5.56 Å². The van der Waals surface area contributed by atoms with Gasteiger partial charge >= 0.3 is 0 Å². The van der Waals surface area contributed by atoms with Gasteiger partial charge in [-0.3, -0.25) is 0 Å². The number of aryl methyl sites for hydroxylation is 1. The van der Waals surface area contributed by atoms with Gasteiger partial charge in [-0.1, -0.05) is 36.4 Å². The number of hydrogen-bond acceptors (Lipinski definition) is 4. The average Bonchev–Trinajstić information content (AvgIpc) is 2.61. The molecule has 24 heavy (non-hydrogen) atoms. The molecule has 3 N–H and O–H groups in total. The van der Waals surface area contributed by atoms with Crippen LogP contribution in [0.4, 0.5) is 5.69 Å². The molecular weight excluding hydrogens is 300 g/mol. The van der Waals surface area contributed by atoms with Crippen molar-refractivity contribution < 1.29 is 9.47 Å². The predicted molar refractivity (Wildman–Crippen MR) is 99.3 cm³/mol. The van der Waals surface area contributed by atoms with Crippen LogP contribution in [0.3, 0.4) is 0 Å². The molecule has 0 radical (unpaired) electrons. The molecule has 0 aliphatic carbocycles. The molecule has 0 spiro atoms. The fraction of sp³-hybridized carbons (Fsp3) is 0.400. The summed E-state index contributed by atoms with van der Waals surface area (Å²) in [6, 6.07) is 16.2. The summed E-state index contributed by atoms with van der Waals surface area (Å²) in [5.41, 5.74) is 9.21. The molecule has 0 amide bonds. The Bertz CT molecular complexity index is 587. The first-order chi connectivity index (χ1) is 11.8. The largest absolute Gasteiger partial charge is 0.487 e. The highest BCUT2D eigenvalue weighted by molar-refractivity contribution is 5.54. The molecule has 0 heterocycles. The van der Waals surface area contributed by atoms with Gasteiger partial charge in [0.1, 0.15) is 12.4 Å². The van der Waals surface area contributed by atoms with Gasteiger partial charge in [-0.2, -0.15) is 0 Å². The molecule has 0 bridgehead atoms. The summed E-state index contributed by atoms with van der Waals surface area (Å²) in [4.78, 5) is 0. The molecule has 130 valence electrons. The van der Waals surface area contributed by atoms with Crippen molar-refractivity contribution in [2.24, 2.45) is 0 Å². The Morgan fingerprint density at radius 2 is 1.75 bits per heavy atom. The van der Waals surface area contributed by atoms with Crippen LogP contribution in [0, 0.1) is 0 Å². The average molecular weight is 328 g/mol. The van der Waals surface area contributed by atoms with Gasteiger partial charge in [0.25, 0.3) is 0 Å². The van der Waals surface area contributed by atoms with Crippen molar-refractivity contribution in [3.63, 3.8) is 0 Å². The van der Waals surface area contributed by atoms with Crippen LogP contribution < -0.4 is 15.8 Å². The summed E-state index contributed by atoms with van der Waals surface area (Å²) in [6.45, 7) is 3.36. The molecule has 2 aromatic carbocycles. The molecule has 0 unspecified atom stereocenters. The molecule has 0 aliphatic heterocycles. The minimum atomic E-state index is 0.537. The maximum atomic E-state index is 6.12. The van der Waals surface area contributed by atoms with E-state index in [0.717, 1.165) is 50.3 Å². The lowest BCUT2D eigenvalue weighted by Gasteiger charge is -2.11. The van der Waals surface area contributed by atoms with E-state index >= 15 is 0 Å². The summed E-state index contributed by atoms with van der Waals surface area (Å²) in [5, 5.41) is 3.42. The van der Waals surface area contributed by atoms with Gasteiger partial charge in [0, 0.05) is 13.7 Å². The van der Waals surface area contributed by atoms with Crippen LogP contribution in [0.5, 0.6) is 5.75 Å². The number of anilines is 1. The Balaban J connectivity index is 1.71. The van der Waals surface area contributed by atoms with E-state index in [-0.39, 0.29) is 0 Å². The molecule has 2 rings (SSSR count). The maximum absolute atomic E-state index is 6.12. The Hall–Kier alpha value is -2.04. The van der Waals surface area contributed by atoms with Gasteiger partial charge in [0.15, 0.2) is 0 Å². The second kappa shape index (κ2) is 10.7. The van der Waals surface area contributed by atoms with Gasteiger partial charge in [0.05, 0.1) is 5.69 Å². The third kappa shape index (κ3) is 6.60. The number of hydrogen-bond donors (Lipinski definition) is 2. The van der Waals surface area contributed by atoms with E-state index in [9.17, 15) is 0 Å². The molecule has 0 aromatic heterocycles. The number of rotatable bonds is 11.